The summed E-state index contributed by atoms with van der Waals surface area (Å²) in [5.74, 6) is -1.13. The van der Waals surface area contributed by atoms with Crippen molar-refractivity contribution in [2.24, 2.45) is 0 Å². The van der Waals surface area contributed by atoms with Crippen molar-refractivity contribution in [2.45, 2.75) is 13.3 Å². The summed E-state index contributed by atoms with van der Waals surface area (Å²) in [6, 6.07) is 4.04. The van der Waals surface area contributed by atoms with Crippen LogP contribution in [-0.4, -0.2) is 30.3 Å². The molecule has 0 atom stereocenters. The standard InChI is InChI=1S/C14H15ClO5/c1-9(2)13(17)19-6-3-7-20-14(18)10-4-5-12(16)11(15)8-10/h4-5,8,16H,1,3,6-7H2,2H3. The second-order valence-corrected chi connectivity index (χ2v) is 4.48. The topological polar surface area (TPSA) is 72.8 Å². The number of hydrogen-bond donors (Lipinski definition) is 1. The molecule has 0 unspecified atom stereocenters. The number of halogens is 1. The molecule has 0 aliphatic heterocycles. The molecule has 0 heterocycles. The minimum absolute atomic E-state index is 0.0786. The number of carbonyl (C=O) groups is 2. The SMILES string of the molecule is C=C(C)C(=O)OCCCOC(=O)c1ccc(O)c(Cl)c1. The van der Waals surface area contributed by atoms with Crippen molar-refractivity contribution in [3.63, 3.8) is 0 Å². The van der Waals surface area contributed by atoms with Gasteiger partial charge in [-0.1, -0.05) is 18.2 Å². The van der Waals surface area contributed by atoms with Gasteiger partial charge < -0.3 is 14.6 Å². The molecule has 0 aromatic heterocycles. The third-order valence-corrected chi connectivity index (χ3v) is 2.59. The molecule has 1 aromatic carbocycles. The van der Waals surface area contributed by atoms with Crippen molar-refractivity contribution in [3.05, 3.63) is 40.9 Å². The highest BCUT2D eigenvalue weighted by molar-refractivity contribution is 6.32. The second-order valence-electron chi connectivity index (χ2n) is 4.07. The van der Waals surface area contributed by atoms with Gasteiger partial charge in [-0.25, -0.2) is 9.59 Å². The summed E-state index contributed by atoms with van der Waals surface area (Å²) < 4.78 is 9.81. The Morgan fingerprint density at radius 1 is 1.30 bits per heavy atom. The molecule has 6 heteroatoms. The maximum Gasteiger partial charge on any atom is 0.338 e. The average Bonchev–Trinajstić information content (AvgIpc) is 2.40. The van der Waals surface area contributed by atoms with Crippen molar-refractivity contribution in [3.8, 4) is 5.75 Å². The molecule has 0 fully saturated rings. The van der Waals surface area contributed by atoms with Gasteiger partial charge in [0.15, 0.2) is 0 Å². The summed E-state index contributed by atoms with van der Waals surface area (Å²) in [6.07, 6.45) is 0.385. The van der Waals surface area contributed by atoms with E-state index in [9.17, 15) is 14.7 Å². The van der Waals surface area contributed by atoms with E-state index in [2.05, 4.69) is 6.58 Å². The highest BCUT2D eigenvalue weighted by Gasteiger charge is 2.10. The Labute approximate surface area is 121 Å². The fraction of sp³-hybridized carbons (Fsp3) is 0.286. The highest BCUT2D eigenvalue weighted by atomic mass is 35.5. The molecular formula is C14H15ClO5. The molecule has 0 saturated carbocycles. The first kappa shape index (κ1) is 16.0. The summed E-state index contributed by atoms with van der Waals surface area (Å²) in [7, 11) is 0. The molecule has 0 saturated heterocycles. The van der Waals surface area contributed by atoms with Crippen LogP contribution in [0.3, 0.4) is 0 Å². The smallest absolute Gasteiger partial charge is 0.338 e. The molecule has 1 aromatic rings. The second kappa shape index (κ2) is 7.55. The molecule has 1 rings (SSSR count). The first-order valence-electron chi connectivity index (χ1n) is 5.90. The Morgan fingerprint density at radius 2 is 1.95 bits per heavy atom. The summed E-state index contributed by atoms with van der Waals surface area (Å²) >= 11 is 5.68. The van der Waals surface area contributed by atoms with E-state index in [0.717, 1.165) is 0 Å². The molecular weight excluding hydrogens is 284 g/mol. The molecule has 0 aliphatic rings. The quantitative estimate of drug-likeness (QED) is 0.496. The van der Waals surface area contributed by atoms with Gasteiger partial charge in [-0.3, -0.25) is 0 Å². The molecule has 5 nitrogen and oxygen atoms in total. The first-order valence-corrected chi connectivity index (χ1v) is 6.28. The van der Waals surface area contributed by atoms with E-state index in [-0.39, 0.29) is 29.5 Å². The van der Waals surface area contributed by atoms with Crippen LogP contribution in [0.15, 0.2) is 30.4 Å². The van der Waals surface area contributed by atoms with Gasteiger partial charge in [0, 0.05) is 12.0 Å². The van der Waals surface area contributed by atoms with E-state index in [0.29, 0.717) is 12.0 Å². The molecule has 1 N–H and O–H groups in total. The van der Waals surface area contributed by atoms with Crippen LogP contribution in [0.5, 0.6) is 5.75 Å². The van der Waals surface area contributed by atoms with Crippen molar-refractivity contribution < 1.29 is 24.2 Å². The van der Waals surface area contributed by atoms with Crippen LogP contribution in [0.1, 0.15) is 23.7 Å². The van der Waals surface area contributed by atoms with Crippen LogP contribution in [-0.2, 0) is 14.3 Å². The van der Waals surface area contributed by atoms with Crippen LogP contribution in [0, 0.1) is 0 Å². The number of esters is 2. The highest BCUT2D eigenvalue weighted by Crippen LogP contribution is 2.23. The Bertz CT molecular complexity index is 524. The normalized spacial score (nSPS) is 9.90. The fourth-order valence-electron chi connectivity index (χ4n) is 1.23. The molecule has 20 heavy (non-hydrogen) atoms. The Morgan fingerprint density at radius 3 is 2.55 bits per heavy atom. The van der Waals surface area contributed by atoms with Gasteiger partial charge in [-0.15, -0.1) is 0 Å². The predicted octanol–water partition coefficient (Wildman–Crippen LogP) is 2.71. The number of phenols is 1. The van der Waals surface area contributed by atoms with E-state index in [1.807, 2.05) is 0 Å². The van der Waals surface area contributed by atoms with Gasteiger partial charge in [-0.05, 0) is 25.1 Å². The fourth-order valence-corrected chi connectivity index (χ4v) is 1.41. The van der Waals surface area contributed by atoms with Gasteiger partial charge in [0.1, 0.15) is 5.75 Å². The number of aromatic hydroxyl groups is 1. The van der Waals surface area contributed by atoms with Crippen LogP contribution >= 0.6 is 11.6 Å². The zero-order valence-electron chi connectivity index (χ0n) is 11.0. The molecule has 0 amide bonds. The Kier molecular flexibility index (Phi) is 6.06. The lowest BCUT2D eigenvalue weighted by Crippen LogP contribution is -2.11. The molecule has 108 valence electrons. The minimum atomic E-state index is -0.557. The molecule has 0 bridgehead atoms. The van der Waals surface area contributed by atoms with E-state index in [4.69, 9.17) is 21.1 Å². The number of ether oxygens (including phenoxy) is 2. The van der Waals surface area contributed by atoms with Gasteiger partial charge in [0.2, 0.25) is 0 Å². The lowest BCUT2D eigenvalue weighted by Gasteiger charge is -2.06. The lowest BCUT2D eigenvalue weighted by molar-refractivity contribution is -0.139. The first-order chi connectivity index (χ1) is 9.41. The third kappa shape index (κ3) is 4.93. The zero-order valence-corrected chi connectivity index (χ0v) is 11.8. The van der Waals surface area contributed by atoms with Crippen molar-refractivity contribution in [1.82, 2.24) is 0 Å². The number of hydrogen-bond acceptors (Lipinski definition) is 5. The van der Waals surface area contributed by atoms with Crippen LogP contribution in [0.25, 0.3) is 0 Å². The predicted molar refractivity (Wildman–Crippen MR) is 73.8 cm³/mol. The molecule has 0 spiro atoms. The average molecular weight is 299 g/mol. The van der Waals surface area contributed by atoms with E-state index in [1.54, 1.807) is 6.92 Å². The number of rotatable bonds is 6. The summed E-state index contributed by atoms with van der Waals surface area (Å²) in [5, 5.41) is 9.31. The molecule has 0 radical (unpaired) electrons. The van der Waals surface area contributed by atoms with Crippen LogP contribution in [0.2, 0.25) is 5.02 Å². The maximum absolute atomic E-state index is 11.6. The number of phenolic OH excluding ortho intramolecular Hbond substituents is 1. The lowest BCUT2D eigenvalue weighted by atomic mass is 10.2. The number of carbonyl (C=O) groups excluding carboxylic acids is 2. The van der Waals surface area contributed by atoms with Crippen LogP contribution < -0.4 is 0 Å². The monoisotopic (exact) mass is 298 g/mol. The molecule has 0 aliphatic carbocycles. The van der Waals surface area contributed by atoms with E-state index >= 15 is 0 Å². The van der Waals surface area contributed by atoms with Gasteiger partial charge in [0.25, 0.3) is 0 Å². The summed E-state index contributed by atoms with van der Waals surface area (Å²) in [5.41, 5.74) is 0.562. The van der Waals surface area contributed by atoms with Crippen molar-refractivity contribution >= 4 is 23.5 Å². The van der Waals surface area contributed by atoms with Gasteiger partial charge in [-0.2, -0.15) is 0 Å². The van der Waals surface area contributed by atoms with Crippen LogP contribution in [0.4, 0.5) is 0 Å². The Balaban J connectivity index is 2.31. The minimum Gasteiger partial charge on any atom is -0.506 e. The maximum atomic E-state index is 11.6. The third-order valence-electron chi connectivity index (χ3n) is 2.29. The van der Waals surface area contributed by atoms with E-state index < -0.39 is 11.9 Å². The van der Waals surface area contributed by atoms with Crippen molar-refractivity contribution in [2.75, 3.05) is 13.2 Å². The zero-order chi connectivity index (χ0) is 15.1. The van der Waals surface area contributed by atoms with Gasteiger partial charge >= 0.3 is 11.9 Å². The Hall–Kier alpha value is -2.01. The summed E-state index contributed by atoms with van der Waals surface area (Å²) in [4.78, 5) is 22.7. The number of benzene rings is 1. The van der Waals surface area contributed by atoms with Gasteiger partial charge in [0.05, 0.1) is 23.8 Å². The summed E-state index contributed by atoms with van der Waals surface area (Å²) in [6.45, 7) is 5.26. The van der Waals surface area contributed by atoms with Crippen molar-refractivity contribution in [1.29, 1.82) is 0 Å². The van der Waals surface area contributed by atoms with E-state index in [1.165, 1.54) is 18.2 Å². The largest absolute Gasteiger partial charge is 0.506 e.